The van der Waals surface area contributed by atoms with E-state index < -0.39 is 16.0 Å². The molecule has 0 saturated heterocycles. The second-order valence-electron chi connectivity index (χ2n) is 6.13. The summed E-state index contributed by atoms with van der Waals surface area (Å²) in [5.74, 6) is 0.129. The molecular formula is C17H27NO5S. The maximum Gasteiger partial charge on any atom is 0.321 e. The SMILES string of the molecule is CCOC(=O)CN(CC(C)C)S(=O)(=O)c1ccc(OC(C)C)cc1. The molecule has 0 aliphatic heterocycles. The Morgan fingerprint density at radius 1 is 1.12 bits per heavy atom. The van der Waals surface area contributed by atoms with E-state index in [0.29, 0.717) is 5.75 Å². The first-order valence-electron chi connectivity index (χ1n) is 8.09. The molecule has 0 amide bonds. The first-order valence-corrected chi connectivity index (χ1v) is 9.53. The van der Waals surface area contributed by atoms with Gasteiger partial charge in [0.1, 0.15) is 12.3 Å². The number of hydrogen-bond donors (Lipinski definition) is 0. The van der Waals surface area contributed by atoms with Gasteiger partial charge >= 0.3 is 5.97 Å². The Morgan fingerprint density at radius 2 is 1.71 bits per heavy atom. The van der Waals surface area contributed by atoms with Crippen LogP contribution in [0.1, 0.15) is 34.6 Å². The average Bonchev–Trinajstić information content (AvgIpc) is 2.46. The number of ether oxygens (including phenoxy) is 2. The summed E-state index contributed by atoms with van der Waals surface area (Å²) in [7, 11) is -3.78. The molecule has 0 N–H and O–H groups in total. The summed E-state index contributed by atoms with van der Waals surface area (Å²) in [4.78, 5) is 11.9. The number of rotatable bonds is 9. The van der Waals surface area contributed by atoms with Crippen molar-refractivity contribution in [2.45, 2.75) is 45.6 Å². The second kappa shape index (κ2) is 9.03. The van der Waals surface area contributed by atoms with E-state index in [1.165, 1.54) is 12.1 Å². The highest BCUT2D eigenvalue weighted by Crippen LogP contribution is 2.21. The third-order valence-electron chi connectivity index (χ3n) is 3.01. The van der Waals surface area contributed by atoms with Crippen molar-refractivity contribution in [2.24, 2.45) is 5.92 Å². The van der Waals surface area contributed by atoms with Gasteiger partial charge in [-0.15, -0.1) is 0 Å². The van der Waals surface area contributed by atoms with E-state index in [1.807, 2.05) is 27.7 Å². The monoisotopic (exact) mass is 357 g/mol. The highest BCUT2D eigenvalue weighted by atomic mass is 32.2. The molecule has 0 heterocycles. The predicted octanol–water partition coefficient (Wildman–Crippen LogP) is 2.68. The van der Waals surface area contributed by atoms with Gasteiger partial charge in [-0.1, -0.05) is 13.8 Å². The molecule has 24 heavy (non-hydrogen) atoms. The fourth-order valence-corrected chi connectivity index (χ4v) is 3.66. The van der Waals surface area contributed by atoms with Crippen LogP contribution in [-0.2, 0) is 19.6 Å². The van der Waals surface area contributed by atoms with Gasteiger partial charge in [-0.25, -0.2) is 8.42 Å². The maximum absolute atomic E-state index is 12.8. The van der Waals surface area contributed by atoms with Gasteiger partial charge < -0.3 is 9.47 Å². The number of carbonyl (C=O) groups is 1. The molecule has 0 aromatic heterocycles. The number of benzene rings is 1. The van der Waals surface area contributed by atoms with Gasteiger partial charge in [-0.3, -0.25) is 4.79 Å². The standard InChI is InChI=1S/C17H27NO5S/c1-6-22-17(19)12-18(11-13(2)3)24(20,21)16-9-7-15(8-10-16)23-14(4)5/h7-10,13-14H,6,11-12H2,1-5H3. The van der Waals surface area contributed by atoms with Crippen molar-refractivity contribution in [2.75, 3.05) is 19.7 Å². The zero-order chi connectivity index (χ0) is 18.3. The zero-order valence-corrected chi connectivity index (χ0v) is 15.8. The van der Waals surface area contributed by atoms with Crippen LogP contribution in [0, 0.1) is 5.92 Å². The Kier molecular flexibility index (Phi) is 7.69. The third-order valence-corrected chi connectivity index (χ3v) is 4.84. The number of nitrogens with zero attached hydrogens (tertiary/aromatic N) is 1. The van der Waals surface area contributed by atoms with Gasteiger partial charge in [0, 0.05) is 6.54 Å². The van der Waals surface area contributed by atoms with Crippen molar-refractivity contribution in [3.05, 3.63) is 24.3 Å². The fourth-order valence-electron chi connectivity index (χ4n) is 2.12. The summed E-state index contributed by atoms with van der Waals surface area (Å²) >= 11 is 0. The normalized spacial score (nSPS) is 12.0. The molecule has 0 aliphatic carbocycles. The summed E-state index contributed by atoms with van der Waals surface area (Å²) in [6.07, 6.45) is 0.00807. The second-order valence-corrected chi connectivity index (χ2v) is 8.07. The predicted molar refractivity (Wildman–Crippen MR) is 92.4 cm³/mol. The molecule has 0 atom stereocenters. The zero-order valence-electron chi connectivity index (χ0n) is 15.0. The van der Waals surface area contributed by atoms with Gasteiger partial charge in [-0.2, -0.15) is 4.31 Å². The van der Waals surface area contributed by atoms with Crippen molar-refractivity contribution >= 4 is 16.0 Å². The van der Waals surface area contributed by atoms with Crippen molar-refractivity contribution in [3.8, 4) is 5.75 Å². The Hall–Kier alpha value is -1.60. The Balaban J connectivity index is 3.03. The van der Waals surface area contributed by atoms with E-state index in [4.69, 9.17) is 9.47 Å². The van der Waals surface area contributed by atoms with Crippen molar-refractivity contribution in [1.29, 1.82) is 0 Å². The molecule has 1 aromatic rings. The van der Waals surface area contributed by atoms with Crippen LogP contribution in [0.2, 0.25) is 0 Å². The third kappa shape index (κ3) is 6.13. The van der Waals surface area contributed by atoms with Crippen molar-refractivity contribution < 1.29 is 22.7 Å². The van der Waals surface area contributed by atoms with Crippen molar-refractivity contribution in [1.82, 2.24) is 4.31 Å². The van der Waals surface area contributed by atoms with E-state index in [-0.39, 0.29) is 36.6 Å². The summed E-state index contributed by atoms with van der Waals surface area (Å²) in [6.45, 7) is 9.44. The van der Waals surface area contributed by atoms with Gasteiger partial charge in [0.15, 0.2) is 0 Å². The summed E-state index contributed by atoms with van der Waals surface area (Å²) in [6, 6.07) is 6.21. The Bertz CT molecular complexity index is 623. The molecule has 0 bridgehead atoms. The number of hydrogen-bond acceptors (Lipinski definition) is 5. The van der Waals surface area contributed by atoms with Crippen molar-refractivity contribution in [3.63, 3.8) is 0 Å². The van der Waals surface area contributed by atoms with Crippen LogP contribution in [0.3, 0.4) is 0 Å². The Morgan fingerprint density at radius 3 is 2.17 bits per heavy atom. The van der Waals surface area contributed by atoms with Gasteiger partial charge in [-0.05, 0) is 51.0 Å². The van der Waals surface area contributed by atoms with Crippen LogP contribution in [-0.4, -0.2) is 44.5 Å². The summed E-state index contributed by atoms with van der Waals surface area (Å²) < 4.78 is 37.2. The van der Waals surface area contributed by atoms with Gasteiger partial charge in [0.2, 0.25) is 10.0 Å². The molecular weight excluding hydrogens is 330 g/mol. The number of carbonyl (C=O) groups excluding carboxylic acids is 1. The molecule has 7 heteroatoms. The minimum Gasteiger partial charge on any atom is -0.491 e. The summed E-state index contributed by atoms with van der Waals surface area (Å²) in [5.41, 5.74) is 0. The highest BCUT2D eigenvalue weighted by Gasteiger charge is 2.27. The topological polar surface area (TPSA) is 72.9 Å². The number of sulfonamides is 1. The molecule has 0 spiro atoms. The van der Waals surface area contributed by atoms with Gasteiger partial charge in [0.05, 0.1) is 17.6 Å². The van der Waals surface area contributed by atoms with E-state index in [0.717, 1.165) is 4.31 Å². The van der Waals surface area contributed by atoms with Crippen LogP contribution >= 0.6 is 0 Å². The van der Waals surface area contributed by atoms with Crippen LogP contribution < -0.4 is 4.74 Å². The molecule has 0 fully saturated rings. The van der Waals surface area contributed by atoms with E-state index >= 15 is 0 Å². The van der Waals surface area contributed by atoms with Crippen LogP contribution in [0.15, 0.2) is 29.2 Å². The number of esters is 1. The molecule has 0 saturated carbocycles. The smallest absolute Gasteiger partial charge is 0.321 e. The summed E-state index contributed by atoms with van der Waals surface area (Å²) in [5, 5.41) is 0. The molecule has 1 rings (SSSR count). The lowest BCUT2D eigenvalue weighted by molar-refractivity contribution is -0.143. The lowest BCUT2D eigenvalue weighted by Crippen LogP contribution is -2.38. The molecule has 1 aromatic carbocycles. The minimum atomic E-state index is -3.78. The van der Waals surface area contributed by atoms with Gasteiger partial charge in [0.25, 0.3) is 0 Å². The average molecular weight is 357 g/mol. The van der Waals surface area contributed by atoms with E-state index in [2.05, 4.69) is 0 Å². The Labute approximate surface area is 144 Å². The quantitative estimate of drug-likeness (QED) is 0.635. The molecule has 0 radical (unpaired) electrons. The lowest BCUT2D eigenvalue weighted by Gasteiger charge is -2.23. The molecule has 136 valence electrons. The largest absolute Gasteiger partial charge is 0.491 e. The maximum atomic E-state index is 12.8. The van der Waals surface area contributed by atoms with E-state index in [9.17, 15) is 13.2 Å². The van der Waals surface area contributed by atoms with E-state index in [1.54, 1.807) is 19.1 Å². The lowest BCUT2D eigenvalue weighted by atomic mass is 10.2. The minimum absolute atomic E-state index is 0.00807. The first-order chi connectivity index (χ1) is 11.2. The highest BCUT2D eigenvalue weighted by molar-refractivity contribution is 7.89. The van der Waals surface area contributed by atoms with Crippen LogP contribution in [0.25, 0.3) is 0 Å². The first kappa shape index (κ1) is 20.4. The molecule has 0 unspecified atom stereocenters. The fraction of sp³-hybridized carbons (Fsp3) is 0.588. The molecule has 0 aliphatic rings. The van der Waals surface area contributed by atoms with Crippen LogP contribution in [0.5, 0.6) is 5.75 Å². The molecule has 6 nitrogen and oxygen atoms in total. The van der Waals surface area contributed by atoms with Crippen LogP contribution in [0.4, 0.5) is 0 Å².